The van der Waals surface area contributed by atoms with Gasteiger partial charge in [0.05, 0.1) is 11.1 Å². The van der Waals surface area contributed by atoms with Crippen LogP contribution in [0.15, 0.2) is 6.33 Å². The zero-order chi connectivity index (χ0) is 11.5. The van der Waals surface area contributed by atoms with Crippen LogP contribution in [0.2, 0.25) is 0 Å². The maximum Gasteiger partial charge on any atom is 0.186 e. The Labute approximate surface area is 99.4 Å². The van der Waals surface area contributed by atoms with Gasteiger partial charge in [-0.1, -0.05) is 6.92 Å². The summed E-state index contributed by atoms with van der Waals surface area (Å²) in [7, 11) is 0. The lowest BCUT2D eigenvalue weighted by atomic mass is 10.2. The maximum absolute atomic E-state index is 13.7. The van der Waals surface area contributed by atoms with E-state index in [-0.39, 0.29) is 17.0 Å². The second-order valence-electron chi connectivity index (χ2n) is 4.07. The molecule has 3 nitrogen and oxygen atoms in total. The molecule has 1 heterocycles. The van der Waals surface area contributed by atoms with Crippen molar-refractivity contribution in [3.8, 4) is 0 Å². The quantitative estimate of drug-likeness (QED) is 0.808. The Balaban J connectivity index is 1.97. The molecule has 0 aromatic carbocycles. The minimum atomic E-state index is -0.357. The molecule has 0 amide bonds. The topological polar surface area (TPSA) is 37.8 Å². The van der Waals surface area contributed by atoms with E-state index >= 15 is 0 Å². The summed E-state index contributed by atoms with van der Waals surface area (Å²) in [4.78, 5) is 7.76. The fourth-order valence-corrected chi connectivity index (χ4v) is 1.92. The van der Waals surface area contributed by atoms with Gasteiger partial charge in [0, 0.05) is 6.54 Å². The van der Waals surface area contributed by atoms with Crippen LogP contribution in [0.5, 0.6) is 0 Å². The van der Waals surface area contributed by atoms with Gasteiger partial charge in [0.2, 0.25) is 0 Å². The fourth-order valence-electron chi connectivity index (χ4n) is 1.59. The number of aromatic nitrogens is 2. The van der Waals surface area contributed by atoms with Crippen LogP contribution in [0.1, 0.15) is 25.5 Å². The monoisotopic (exact) mass is 243 g/mol. The van der Waals surface area contributed by atoms with Crippen LogP contribution >= 0.6 is 11.6 Å². The Hall–Kier alpha value is -0.900. The Kier molecular flexibility index (Phi) is 3.59. The first-order valence-corrected chi connectivity index (χ1v) is 6.03. The average molecular weight is 244 g/mol. The molecule has 1 aromatic rings. The number of hydrogen-bond acceptors (Lipinski definition) is 3. The summed E-state index contributed by atoms with van der Waals surface area (Å²) >= 11 is 6.13. The average Bonchev–Trinajstić information content (AvgIpc) is 3.11. The predicted octanol–water partition coefficient (Wildman–Crippen LogP) is 2.61. The molecule has 1 N–H and O–H groups in total. The van der Waals surface area contributed by atoms with Gasteiger partial charge in [-0.05, 0) is 25.2 Å². The molecule has 1 aromatic heterocycles. The summed E-state index contributed by atoms with van der Waals surface area (Å²) in [5.74, 6) is 0.493. The molecule has 88 valence electrons. The summed E-state index contributed by atoms with van der Waals surface area (Å²) < 4.78 is 13.7. The molecule has 0 aliphatic heterocycles. The molecule has 0 radical (unpaired) electrons. The van der Waals surface area contributed by atoms with Gasteiger partial charge in [-0.3, -0.25) is 0 Å². The van der Waals surface area contributed by atoms with Crippen LogP contribution in [0.25, 0.3) is 0 Å². The molecule has 0 saturated heterocycles. The van der Waals surface area contributed by atoms with Crippen molar-refractivity contribution in [2.45, 2.75) is 31.6 Å². The third-order valence-corrected chi connectivity index (χ3v) is 3.31. The van der Waals surface area contributed by atoms with Crippen LogP contribution in [0.4, 0.5) is 10.2 Å². The molecule has 1 saturated carbocycles. The zero-order valence-corrected chi connectivity index (χ0v) is 9.97. The normalized spacial score (nSPS) is 17.2. The molecule has 1 atom stereocenters. The largest absolute Gasteiger partial charge is 0.366 e. The Morgan fingerprint density at radius 1 is 1.56 bits per heavy atom. The number of alkyl halides is 1. The third-order valence-electron chi connectivity index (χ3n) is 2.79. The van der Waals surface area contributed by atoms with E-state index in [0.717, 1.165) is 0 Å². The highest BCUT2D eigenvalue weighted by Gasteiger charge is 2.29. The number of nitrogens with zero attached hydrogens (tertiary/aromatic N) is 2. The smallest absolute Gasteiger partial charge is 0.186 e. The van der Waals surface area contributed by atoms with Crippen LogP contribution in [0.3, 0.4) is 0 Å². The number of aryl methyl sites for hydroxylation is 1. The SMILES string of the molecule is CCc1ncnc(NCC(Cl)C2CC2)c1F. The van der Waals surface area contributed by atoms with Gasteiger partial charge in [0.25, 0.3) is 0 Å². The second kappa shape index (κ2) is 4.95. The minimum Gasteiger partial charge on any atom is -0.366 e. The van der Waals surface area contributed by atoms with Crippen LogP contribution in [-0.4, -0.2) is 21.9 Å². The molecule has 1 unspecified atom stereocenters. The second-order valence-corrected chi connectivity index (χ2v) is 4.63. The van der Waals surface area contributed by atoms with E-state index in [9.17, 15) is 4.39 Å². The predicted molar refractivity (Wildman–Crippen MR) is 62.2 cm³/mol. The molecular formula is C11H15ClFN3. The van der Waals surface area contributed by atoms with Gasteiger partial charge >= 0.3 is 0 Å². The van der Waals surface area contributed by atoms with Gasteiger partial charge in [0.1, 0.15) is 6.33 Å². The van der Waals surface area contributed by atoms with Crippen LogP contribution in [-0.2, 0) is 6.42 Å². The van der Waals surface area contributed by atoms with E-state index in [1.54, 1.807) is 0 Å². The van der Waals surface area contributed by atoms with Crippen LogP contribution in [0, 0.1) is 11.7 Å². The number of halogens is 2. The first-order chi connectivity index (χ1) is 7.72. The molecule has 16 heavy (non-hydrogen) atoms. The Morgan fingerprint density at radius 3 is 2.94 bits per heavy atom. The van der Waals surface area contributed by atoms with Crippen LogP contribution < -0.4 is 5.32 Å². The van der Waals surface area contributed by atoms with Crippen molar-refractivity contribution < 1.29 is 4.39 Å². The first kappa shape index (κ1) is 11.6. The summed E-state index contributed by atoms with van der Waals surface area (Å²) in [6, 6.07) is 0. The molecule has 0 bridgehead atoms. The Bertz CT molecular complexity index is 368. The molecule has 1 fully saturated rings. The van der Waals surface area contributed by atoms with Crippen molar-refractivity contribution in [2.24, 2.45) is 5.92 Å². The van der Waals surface area contributed by atoms with E-state index in [1.165, 1.54) is 19.2 Å². The van der Waals surface area contributed by atoms with Gasteiger partial charge in [-0.25, -0.2) is 14.4 Å². The highest BCUT2D eigenvalue weighted by atomic mass is 35.5. The van der Waals surface area contributed by atoms with Crippen molar-refractivity contribution in [2.75, 3.05) is 11.9 Å². The van der Waals surface area contributed by atoms with E-state index in [1.807, 2.05) is 6.92 Å². The number of hydrogen-bond donors (Lipinski definition) is 1. The van der Waals surface area contributed by atoms with Crippen molar-refractivity contribution in [3.05, 3.63) is 17.8 Å². The first-order valence-electron chi connectivity index (χ1n) is 5.59. The molecular weight excluding hydrogens is 229 g/mol. The third kappa shape index (κ3) is 2.61. The molecule has 0 spiro atoms. The number of anilines is 1. The number of rotatable bonds is 5. The zero-order valence-electron chi connectivity index (χ0n) is 9.21. The Morgan fingerprint density at radius 2 is 2.31 bits per heavy atom. The standard InChI is InChI=1S/C11H15ClFN3/c1-2-9-10(13)11(16-6-15-9)14-5-8(12)7-3-4-7/h6-8H,2-5H2,1H3,(H,14,15,16). The minimum absolute atomic E-state index is 0.0689. The summed E-state index contributed by atoms with van der Waals surface area (Å²) in [5, 5.41) is 3.02. The summed E-state index contributed by atoms with van der Waals surface area (Å²) in [5.41, 5.74) is 0.440. The van der Waals surface area contributed by atoms with E-state index in [4.69, 9.17) is 11.6 Å². The maximum atomic E-state index is 13.7. The lowest BCUT2D eigenvalue weighted by Gasteiger charge is -2.11. The van der Waals surface area contributed by atoms with Gasteiger partial charge < -0.3 is 5.32 Å². The van der Waals surface area contributed by atoms with Gasteiger partial charge in [-0.2, -0.15) is 0 Å². The van der Waals surface area contributed by atoms with E-state index in [0.29, 0.717) is 24.6 Å². The number of nitrogens with one attached hydrogen (secondary N) is 1. The summed E-state index contributed by atoms with van der Waals surface area (Å²) in [6.45, 7) is 2.42. The molecule has 5 heteroatoms. The highest BCUT2D eigenvalue weighted by molar-refractivity contribution is 6.21. The highest BCUT2D eigenvalue weighted by Crippen LogP contribution is 2.35. The van der Waals surface area contributed by atoms with E-state index < -0.39 is 0 Å². The van der Waals surface area contributed by atoms with Gasteiger partial charge in [0.15, 0.2) is 11.6 Å². The lowest BCUT2D eigenvalue weighted by molar-refractivity contribution is 0.595. The molecule has 1 aliphatic rings. The molecule has 1 aliphatic carbocycles. The summed E-state index contributed by atoms with van der Waals surface area (Å²) in [6.07, 6.45) is 4.31. The van der Waals surface area contributed by atoms with Crippen molar-refractivity contribution >= 4 is 17.4 Å². The van der Waals surface area contributed by atoms with Gasteiger partial charge in [-0.15, -0.1) is 11.6 Å². The van der Waals surface area contributed by atoms with Crippen molar-refractivity contribution in [1.82, 2.24) is 9.97 Å². The van der Waals surface area contributed by atoms with Crippen molar-refractivity contribution in [1.29, 1.82) is 0 Å². The molecule has 2 rings (SSSR count). The van der Waals surface area contributed by atoms with Crippen molar-refractivity contribution in [3.63, 3.8) is 0 Å². The fraction of sp³-hybridized carbons (Fsp3) is 0.636. The lowest BCUT2D eigenvalue weighted by Crippen LogP contribution is -2.18. The van der Waals surface area contributed by atoms with E-state index in [2.05, 4.69) is 15.3 Å².